The van der Waals surface area contributed by atoms with Crippen LogP contribution < -0.4 is 10.6 Å². The molecule has 0 amide bonds. The number of hydrogen-bond donors (Lipinski definition) is 2. The number of ether oxygens (including phenoxy) is 1. The molecule has 0 spiro atoms. The number of nitrogens with one attached hydrogen (secondary N) is 2. The number of aliphatic imine (C=N–C) groups is 1. The first-order valence-electron chi connectivity index (χ1n) is 6.97. The van der Waals surface area contributed by atoms with E-state index in [1.54, 1.807) is 11.3 Å². The third-order valence-corrected chi connectivity index (χ3v) is 3.29. The van der Waals surface area contributed by atoms with Crippen molar-refractivity contribution in [2.75, 3.05) is 26.3 Å². The molecule has 1 aromatic rings. The molecule has 1 rings (SSSR count). The van der Waals surface area contributed by atoms with Gasteiger partial charge in [-0.15, -0.1) is 0 Å². The topological polar surface area (TPSA) is 45.7 Å². The summed E-state index contributed by atoms with van der Waals surface area (Å²) in [6.45, 7) is 8.31. The minimum atomic E-state index is 0.734. The summed E-state index contributed by atoms with van der Waals surface area (Å²) in [5.41, 5.74) is 1.26. The number of guanidine groups is 1. The molecule has 2 N–H and O–H groups in total. The maximum atomic E-state index is 5.31. The lowest BCUT2D eigenvalue weighted by Crippen LogP contribution is -2.37. The first-order valence-corrected chi connectivity index (χ1v) is 7.92. The second-order valence-corrected chi connectivity index (χ2v) is 4.94. The van der Waals surface area contributed by atoms with E-state index in [4.69, 9.17) is 4.74 Å². The van der Waals surface area contributed by atoms with Crippen LogP contribution in [0.4, 0.5) is 0 Å². The number of rotatable bonds is 9. The van der Waals surface area contributed by atoms with Gasteiger partial charge in [0.2, 0.25) is 0 Å². The molecule has 108 valence electrons. The lowest BCUT2D eigenvalue weighted by molar-refractivity contribution is 0.143. The second kappa shape index (κ2) is 10.8. The number of thiophene rings is 1. The summed E-state index contributed by atoms with van der Waals surface area (Å²) in [5, 5.41) is 10.8. The first kappa shape index (κ1) is 16.0. The third-order valence-electron chi connectivity index (χ3n) is 2.56. The Morgan fingerprint density at radius 2 is 2.21 bits per heavy atom. The molecule has 0 atom stereocenters. The minimum Gasteiger partial charge on any atom is -0.382 e. The molecule has 0 aliphatic heterocycles. The highest BCUT2D eigenvalue weighted by molar-refractivity contribution is 7.07. The van der Waals surface area contributed by atoms with Crippen LogP contribution >= 0.6 is 11.3 Å². The molecule has 19 heavy (non-hydrogen) atoms. The Balaban J connectivity index is 2.21. The third kappa shape index (κ3) is 7.85. The highest BCUT2D eigenvalue weighted by Crippen LogP contribution is 2.06. The van der Waals surface area contributed by atoms with Crippen molar-refractivity contribution in [3.63, 3.8) is 0 Å². The van der Waals surface area contributed by atoms with E-state index >= 15 is 0 Å². The Morgan fingerprint density at radius 1 is 1.32 bits per heavy atom. The summed E-state index contributed by atoms with van der Waals surface area (Å²) in [4.78, 5) is 4.56. The van der Waals surface area contributed by atoms with E-state index in [1.165, 1.54) is 5.56 Å². The van der Waals surface area contributed by atoms with Crippen molar-refractivity contribution in [3.8, 4) is 0 Å². The Labute approximate surface area is 120 Å². The summed E-state index contributed by atoms with van der Waals surface area (Å²) in [6.07, 6.45) is 2.19. The van der Waals surface area contributed by atoms with Crippen LogP contribution in [0.5, 0.6) is 0 Å². The average molecular weight is 283 g/mol. The predicted molar refractivity (Wildman–Crippen MR) is 82.9 cm³/mol. The van der Waals surface area contributed by atoms with Crippen LogP contribution in [0.2, 0.25) is 0 Å². The summed E-state index contributed by atoms with van der Waals surface area (Å²) in [7, 11) is 0. The van der Waals surface area contributed by atoms with E-state index in [0.717, 1.165) is 51.6 Å². The molecule has 5 heteroatoms. The Morgan fingerprint density at radius 3 is 2.89 bits per heavy atom. The Hall–Kier alpha value is -1.07. The van der Waals surface area contributed by atoms with Gasteiger partial charge in [0.05, 0.1) is 6.54 Å². The molecule has 0 fully saturated rings. The molecule has 0 unspecified atom stereocenters. The fraction of sp³-hybridized carbons (Fsp3) is 0.643. The van der Waals surface area contributed by atoms with Gasteiger partial charge in [0.25, 0.3) is 0 Å². The maximum Gasteiger partial charge on any atom is 0.191 e. The minimum absolute atomic E-state index is 0.734. The quantitative estimate of drug-likeness (QED) is 0.416. The van der Waals surface area contributed by atoms with Crippen LogP contribution in [-0.2, 0) is 11.3 Å². The van der Waals surface area contributed by atoms with E-state index in [1.807, 2.05) is 6.92 Å². The molecule has 1 aromatic heterocycles. The Kier molecular flexibility index (Phi) is 9.10. The SMILES string of the molecule is CCNC(=NCc1ccsc1)NCCCCOCC. The van der Waals surface area contributed by atoms with Gasteiger partial charge in [-0.05, 0) is 49.1 Å². The zero-order valence-corrected chi connectivity index (χ0v) is 12.8. The van der Waals surface area contributed by atoms with Gasteiger partial charge in [-0.25, -0.2) is 4.99 Å². The van der Waals surface area contributed by atoms with Gasteiger partial charge in [-0.3, -0.25) is 0 Å². The Bertz CT molecular complexity index is 338. The number of nitrogens with zero attached hydrogens (tertiary/aromatic N) is 1. The van der Waals surface area contributed by atoms with E-state index in [-0.39, 0.29) is 0 Å². The molecule has 0 saturated heterocycles. The van der Waals surface area contributed by atoms with Gasteiger partial charge in [0.15, 0.2) is 5.96 Å². The first-order chi connectivity index (χ1) is 9.36. The molecular weight excluding hydrogens is 258 g/mol. The van der Waals surface area contributed by atoms with Crippen molar-refractivity contribution in [1.82, 2.24) is 10.6 Å². The molecule has 0 saturated carbocycles. The molecule has 0 aliphatic rings. The van der Waals surface area contributed by atoms with Crippen molar-refractivity contribution < 1.29 is 4.74 Å². The van der Waals surface area contributed by atoms with Crippen molar-refractivity contribution in [2.45, 2.75) is 33.2 Å². The van der Waals surface area contributed by atoms with Crippen LogP contribution in [-0.4, -0.2) is 32.3 Å². The monoisotopic (exact) mass is 283 g/mol. The van der Waals surface area contributed by atoms with E-state index in [2.05, 4.69) is 39.4 Å². The zero-order valence-electron chi connectivity index (χ0n) is 11.9. The van der Waals surface area contributed by atoms with E-state index in [9.17, 15) is 0 Å². The van der Waals surface area contributed by atoms with Gasteiger partial charge < -0.3 is 15.4 Å². The van der Waals surface area contributed by atoms with Gasteiger partial charge in [0.1, 0.15) is 0 Å². The molecule has 0 radical (unpaired) electrons. The molecule has 1 heterocycles. The number of hydrogen-bond acceptors (Lipinski definition) is 3. The van der Waals surface area contributed by atoms with Crippen LogP contribution in [0.3, 0.4) is 0 Å². The molecule has 0 aromatic carbocycles. The standard InChI is InChI=1S/C14H25N3OS/c1-3-15-14(16-8-5-6-9-18-4-2)17-11-13-7-10-19-12-13/h7,10,12H,3-6,8-9,11H2,1-2H3,(H2,15,16,17). The molecule has 0 bridgehead atoms. The average Bonchev–Trinajstić information content (AvgIpc) is 2.93. The van der Waals surface area contributed by atoms with Crippen molar-refractivity contribution in [2.24, 2.45) is 4.99 Å². The van der Waals surface area contributed by atoms with Crippen LogP contribution in [0, 0.1) is 0 Å². The lowest BCUT2D eigenvalue weighted by Gasteiger charge is -2.11. The highest BCUT2D eigenvalue weighted by atomic mass is 32.1. The second-order valence-electron chi connectivity index (χ2n) is 4.16. The highest BCUT2D eigenvalue weighted by Gasteiger charge is 1.97. The van der Waals surface area contributed by atoms with Crippen LogP contribution in [0.1, 0.15) is 32.3 Å². The van der Waals surface area contributed by atoms with Gasteiger partial charge >= 0.3 is 0 Å². The number of unbranched alkanes of at least 4 members (excludes halogenated alkanes) is 1. The smallest absolute Gasteiger partial charge is 0.191 e. The van der Waals surface area contributed by atoms with Crippen LogP contribution in [0.25, 0.3) is 0 Å². The van der Waals surface area contributed by atoms with Gasteiger partial charge in [-0.1, -0.05) is 0 Å². The maximum absolute atomic E-state index is 5.31. The summed E-state index contributed by atoms with van der Waals surface area (Å²) in [6, 6.07) is 2.11. The van der Waals surface area contributed by atoms with E-state index in [0.29, 0.717) is 0 Å². The molecular formula is C14H25N3OS. The normalized spacial score (nSPS) is 11.6. The van der Waals surface area contributed by atoms with Crippen molar-refractivity contribution >= 4 is 17.3 Å². The summed E-state index contributed by atoms with van der Waals surface area (Å²) in [5.74, 6) is 0.894. The molecule has 4 nitrogen and oxygen atoms in total. The predicted octanol–water partition coefficient (Wildman–Crippen LogP) is 2.62. The van der Waals surface area contributed by atoms with Crippen molar-refractivity contribution in [3.05, 3.63) is 22.4 Å². The summed E-state index contributed by atoms with van der Waals surface area (Å²) >= 11 is 1.71. The van der Waals surface area contributed by atoms with Gasteiger partial charge in [-0.2, -0.15) is 11.3 Å². The largest absolute Gasteiger partial charge is 0.382 e. The fourth-order valence-corrected chi connectivity index (χ4v) is 2.23. The fourth-order valence-electron chi connectivity index (χ4n) is 1.57. The van der Waals surface area contributed by atoms with Crippen molar-refractivity contribution in [1.29, 1.82) is 0 Å². The zero-order chi connectivity index (χ0) is 13.8. The van der Waals surface area contributed by atoms with Crippen LogP contribution in [0.15, 0.2) is 21.8 Å². The molecule has 0 aliphatic carbocycles. The summed E-state index contributed by atoms with van der Waals surface area (Å²) < 4.78 is 5.31. The lowest BCUT2D eigenvalue weighted by atomic mass is 10.3. The van der Waals surface area contributed by atoms with E-state index < -0.39 is 0 Å². The van der Waals surface area contributed by atoms with Gasteiger partial charge in [0, 0.05) is 26.3 Å².